The van der Waals surface area contributed by atoms with E-state index in [1.807, 2.05) is 18.2 Å². The SMILES string of the molecule is CN=C(NCCS(C)(=O)=O)NCC(c1ccccc1OC)N1CCCC1. The van der Waals surface area contributed by atoms with E-state index in [-0.39, 0.29) is 11.8 Å². The molecule has 1 heterocycles. The average molecular weight is 383 g/mol. The quantitative estimate of drug-likeness (QED) is 0.516. The van der Waals surface area contributed by atoms with E-state index in [0.29, 0.717) is 19.0 Å². The third-order valence-electron chi connectivity index (χ3n) is 4.53. The summed E-state index contributed by atoms with van der Waals surface area (Å²) >= 11 is 0. The third kappa shape index (κ3) is 6.17. The van der Waals surface area contributed by atoms with Gasteiger partial charge in [-0.05, 0) is 32.0 Å². The lowest BCUT2D eigenvalue weighted by Crippen LogP contribution is -2.43. The predicted molar refractivity (Wildman–Crippen MR) is 106 cm³/mol. The van der Waals surface area contributed by atoms with Crippen LogP contribution in [0, 0.1) is 0 Å². The molecule has 146 valence electrons. The van der Waals surface area contributed by atoms with Crippen LogP contribution >= 0.6 is 0 Å². The Morgan fingerprint density at radius 2 is 1.96 bits per heavy atom. The molecule has 2 rings (SSSR count). The van der Waals surface area contributed by atoms with Crippen LogP contribution in [-0.4, -0.2) is 71.6 Å². The zero-order chi connectivity index (χ0) is 19.0. The fourth-order valence-corrected chi connectivity index (χ4v) is 3.67. The van der Waals surface area contributed by atoms with Crippen molar-refractivity contribution in [3.63, 3.8) is 0 Å². The van der Waals surface area contributed by atoms with Crippen molar-refractivity contribution in [1.82, 2.24) is 15.5 Å². The van der Waals surface area contributed by atoms with Gasteiger partial charge in [0.1, 0.15) is 15.6 Å². The van der Waals surface area contributed by atoms with Crippen LogP contribution in [0.15, 0.2) is 29.3 Å². The van der Waals surface area contributed by atoms with E-state index in [9.17, 15) is 8.42 Å². The molecule has 0 saturated carbocycles. The minimum absolute atomic E-state index is 0.0791. The van der Waals surface area contributed by atoms with Gasteiger partial charge in [-0.25, -0.2) is 8.42 Å². The van der Waals surface area contributed by atoms with Crippen LogP contribution in [-0.2, 0) is 9.84 Å². The van der Waals surface area contributed by atoms with Crippen LogP contribution in [0.2, 0.25) is 0 Å². The summed E-state index contributed by atoms with van der Waals surface area (Å²) in [5.74, 6) is 1.56. The number of hydrogen-bond donors (Lipinski definition) is 2. The molecular formula is C18H30N4O3S. The van der Waals surface area contributed by atoms with Crippen LogP contribution in [0.1, 0.15) is 24.4 Å². The number of likely N-dealkylation sites (tertiary alicyclic amines) is 1. The number of sulfone groups is 1. The summed E-state index contributed by atoms with van der Waals surface area (Å²) in [6.45, 7) is 3.12. The van der Waals surface area contributed by atoms with E-state index in [4.69, 9.17) is 4.74 Å². The molecule has 1 unspecified atom stereocenters. The molecule has 0 spiro atoms. The summed E-state index contributed by atoms with van der Waals surface area (Å²) in [5, 5.41) is 6.39. The van der Waals surface area contributed by atoms with Crippen LogP contribution in [0.3, 0.4) is 0 Å². The molecule has 1 saturated heterocycles. The maximum Gasteiger partial charge on any atom is 0.191 e. The van der Waals surface area contributed by atoms with Gasteiger partial charge in [0, 0.05) is 32.0 Å². The first-order chi connectivity index (χ1) is 12.4. The molecule has 8 heteroatoms. The van der Waals surface area contributed by atoms with E-state index < -0.39 is 9.84 Å². The Morgan fingerprint density at radius 3 is 2.58 bits per heavy atom. The highest BCUT2D eigenvalue weighted by atomic mass is 32.2. The number of rotatable bonds is 8. The first kappa shape index (κ1) is 20.5. The van der Waals surface area contributed by atoms with Gasteiger partial charge in [0.15, 0.2) is 5.96 Å². The highest BCUT2D eigenvalue weighted by molar-refractivity contribution is 7.90. The van der Waals surface area contributed by atoms with Gasteiger partial charge in [0.05, 0.1) is 18.9 Å². The zero-order valence-corrected chi connectivity index (χ0v) is 16.7. The van der Waals surface area contributed by atoms with Crippen molar-refractivity contribution in [2.75, 3.05) is 52.3 Å². The molecule has 0 bridgehead atoms. The molecule has 1 aliphatic rings. The Hall–Kier alpha value is -1.80. The Morgan fingerprint density at radius 1 is 1.27 bits per heavy atom. The van der Waals surface area contributed by atoms with E-state index in [2.05, 4.69) is 26.6 Å². The van der Waals surface area contributed by atoms with Crippen molar-refractivity contribution in [3.8, 4) is 5.75 Å². The molecule has 2 N–H and O–H groups in total. The lowest BCUT2D eigenvalue weighted by atomic mass is 10.0. The summed E-state index contributed by atoms with van der Waals surface area (Å²) in [7, 11) is 0.383. The van der Waals surface area contributed by atoms with Crippen molar-refractivity contribution < 1.29 is 13.2 Å². The average Bonchev–Trinajstić information content (AvgIpc) is 3.14. The summed E-state index contributed by atoms with van der Waals surface area (Å²) in [4.78, 5) is 6.65. The molecule has 1 atom stereocenters. The van der Waals surface area contributed by atoms with Gasteiger partial charge in [0.2, 0.25) is 0 Å². The van der Waals surface area contributed by atoms with Gasteiger partial charge in [-0.3, -0.25) is 9.89 Å². The summed E-state index contributed by atoms with van der Waals surface area (Å²) < 4.78 is 28.1. The third-order valence-corrected chi connectivity index (χ3v) is 5.48. The molecule has 7 nitrogen and oxygen atoms in total. The highest BCUT2D eigenvalue weighted by Gasteiger charge is 2.26. The normalized spacial score (nSPS) is 17.1. The van der Waals surface area contributed by atoms with E-state index >= 15 is 0 Å². The first-order valence-corrected chi connectivity index (χ1v) is 11.0. The van der Waals surface area contributed by atoms with Gasteiger partial charge >= 0.3 is 0 Å². The molecule has 0 aromatic heterocycles. The van der Waals surface area contributed by atoms with Crippen molar-refractivity contribution in [3.05, 3.63) is 29.8 Å². The fourth-order valence-electron chi connectivity index (χ4n) is 3.20. The second-order valence-corrected chi connectivity index (χ2v) is 8.77. The number of methoxy groups -OCH3 is 1. The molecule has 1 aliphatic heterocycles. The number of guanidine groups is 1. The standard InChI is InChI=1S/C18H30N4O3S/c1-19-18(20-10-13-26(3,23)24)21-14-16(22-11-6-7-12-22)15-8-4-5-9-17(15)25-2/h4-5,8-9,16H,6-7,10-14H2,1-3H3,(H2,19,20,21). The molecule has 1 fully saturated rings. The van der Waals surface area contributed by atoms with Crippen LogP contribution < -0.4 is 15.4 Å². The van der Waals surface area contributed by atoms with Crippen molar-refractivity contribution in [2.45, 2.75) is 18.9 Å². The molecule has 1 aromatic rings. The maximum absolute atomic E-state index is 11.3. The van der Waals surface area contributed by atoms with E-state index in [1.54, 1.807) is 14.2 Å². The minimum atomic E-state index is -2.99. The monoisotopic (exact) mass is 382 g/mol. The number of nitrogens with one attached hydrogen (secondary N) is 2. The van der Waals surface area contributed by atoms with Crippen molar-refractivity contribution in [1.29, 1.82) is 0 Å². The van der Waals surface area contributed by atoms with Crippen LogP contribution in [0.5, 0.6) is 5.75 Å². The molecule has 0 aliphatic carbocycles. The summed E-state index contributed by atoms with van der Waals surface area (Å²) in [5.41, 5.74) is 1.15. The smallest absolute Gasteiger partial charge is 0.191 e. The van der Waals surface area contributed by atoms with Gasteiger partial charge in [-0.15, -0.1) is 0 Å². The zero-order valence-electron chi connectivity index (χ0n) is 15.9. The fraction of sp³-hybridized carbons (Fsp3) is 0.611. The highest BCUT2D eigenvalue weighted by Crippen LogP contribution is 2.31. The molecule has 26 heavy (non-hydrogen) atoms. The minimum Gasteiger partial charge on any atom is -0.496 e. The summed E-state index contributed by atoms with van der Waals surface area (Å²) in [6, 6.07) is 8.26. The van der Waals surface area contributed by atoms with Crippen LogP contribution in [0.4, 0.5) is 0 Å². The molecule has 0 amide bonds. The molecule has 1 aromatic carbocycles. The first-order valence-electron chi connectivity index (χ1n) is 8.94. The predicted octanol–water partition coefficient (Wildman–Crippen LogP) is 1.04. The largest absolute Gasteiger partial charge is 0.496 e. The second-order valence-electron chi connectivity index (χ2n) is 6.51. The number of aliphatic imine (C=N–C) groups is 1. The Balaban J connectivity index is 2.04. The van der Waals surface area contributed by atoms with Gasteiger partial charge in [0.25, 0.3) is 0 Å². The number of para-hydroxylation sites is 1. The van der Waals surface area contributed by atoms with E-state index in [1.165, 1.54) is 19.1 Å². The number of hydrogen-bond acceptors (Lipinski definition) is 5. The Bertz CT molecular complexity index is 700. The van der Waals surface area contributed by atoms with Crippen molar-refractivity contribution in [2.24, 2.45) is 4.99 Å². The van der Waals surface area contributed by atoms with Crippen molar-refractivity contribution >= 4 is 15.8 Å². The summed E-state index contributed by atoms with van der Waals surface area (Å²) in [6.07, 6.45) is 3.63. The van der Waals surface area contributed by atoms with Gasteiger partial charge in [-0.2, -0.15) is 0 Å². The Kier molecular flexibility index (Phi) is 7.71. The molecule has 0 radical (unpaired) electrons. The Labute approximate surface area is 156 Å². The topological polar surface area (TPSA) is 83.0 Å². The molecular weight excluding hydrogens is 352 g/mol. The second kappa shape index (κ2) is 9.78. The lowest BCUT2D eigenvalue weighted by molar-refractivity contribution is 0.239. The maximum atomic E-state index is 11.3. The van der Waals surface area contributed by atoms with Crippen LogP contribution in [0.25, 0.3) is 0 Å². The number of benzene rings is 1. The van der Waals surface area contributed by atoms with Gasteiger partial charge < -0.3 is 15.4 Å². The number of nitrogens with zero attached hydrogens (tertiary/aromatic N) is 2. The number of ether oxygens (including phenoxy) is 1. The lowest BCUT2D eigenvalue weighted by Gasteiger charge is -2.30. The van der Waals surface area contributed by atoms with E-state index in [0.717, 1.165) is 24.4 Å². The van der Waals surface area contributed by atoms with Gasteiger partial charge in [-0.1, -0.05) is 18.2 Å².